The molecule has 0 aromatic heterocycles. The highest BCUT2D eigenvalue weighted by atomic mass is 35.5. The van der Waals surface area contributed by atoms with Gasteiger partial charge in [0.2, 0.25) is 0 Å². The van der Waals surface area contributed by atoms with Gasteiger partial charge in [0.25, 0.3) is 0 Å². The predicted octanol–water partition coefficient (Wildman–Crippen LogP) is 5.70. The van der Waals surface area contributed by atoms with Gasteiger partial charge in [0.15, 0.2) is 0 Å². The molecule has 0 amide bonds. The maximum absolute atomic E-state index is 12.6. The number of carbonyl (C=O) groups is 1. The number of rotatable bonds is 5. The van der Waals surface area contributed by atoms with E-state index in [1.807, 2.05) is 61.5 Å². The quantitative estimate of drug-likeness (QED) is 0.524. The van der Waals surface area contributed by atoms with Crippen LogP contribution in [0.15, 0.2) is 72.8 Å². The lowest BCUT2D eigenvalue weighted by Crippen LogP contribution is -2.03. The van der Waals surface area contributed by atoms with Crippen LogP contribution in [0.25, 0.3) is 11.1 Å². The van der Waals surface area contributed by atoms with Gasteiger partial charge in [-0.25, -0.2) is 4.79 Å². The van der Waals surface area contributed by atoms with Crippen molar-refractivity contribution < 1.29 is 14.3 Å². The smallest absolute Gasteiger partial charge is 0.339 e. The van der Waals surface area contributed by atoms with E-state index in [-0.39, 0.29) is 12.6 Å². The number of ether oxygens (including phenoxy) is 2. The molecule has 0 aliphatic carbocycles. The van der Waals surface area contributed by atoms with Crippen LogP contribution in [0.3, 0.4) is 0 Å². The molecule has 3 aromatic carbocycles. The third kappa shape index (κ3) is 3.80. The molecule has 4 heteroatoms. The van der Waals surface area contributed by atoms with Crippen LogP contribution in [0.5, 0.6) is 5.75 Å². The normalized spacial score (nSPS) is 13.6. The minimum atomic E-state index is -0.358. The molecule has 1 aliphatic rings. The van der Waals surface area contributed by atoms with Crippen LogP contribution in [-0.2, 0) is 16.1 Å². The van der Waals surface area contributed by atoms with Crippen LogP contribution in [0.2, 0.25) is 5.02 Å². The molecule has 0 fully saturated rings. The van der Waals surface area contributed by atoms with Gasteiger partial charge in [0, 0.05) is 16.2 Å². The molecule has 3 nitrogen and oxygen atoms in total. The first-order valence-electron chi connectivity index (χ1n) is 9.06. The zero-order chi connectivity index (χ0) is 19.5. The van der Waals surface area contributed by atoms with E-state index >= 15 is 0 Å². The van der Waals surface area contributed by atoms with Gasteiger partial charge in [0.1, 0.15) is 19.0 Å². The van der Waals surface area contributed by atoms with E-state index in [9.17, 15) is 4.79 Å². The Balaban J connectivity index is 1.77. The summed E-state index contributed by atoms with van der Waals surface area (Å²) < 4.78 is 11.4. The number of halogens is 1. The second-order valence-electron chi connectivity index (χ2n) is 6.71. The van der Waals surface area contributed by atoms with Gasteiger partial charge >= 0.3 is 5.97 Å². The van der Waals surface area contributed by atoms with Crippen LogP contribution in [0, 0.1) is 6.92 Å². The maximum atomic E-state index is 12.6. The monoisotopic (exact) mass is 390 g/mol. The van der Waals surface area contributed by atoms with Gasteiger partial charge in [-0.3, -0.25) is 0 Å². The Hall–Kier alpha value is -3.04. The zero-order valence-corrected chi connectivity index (χ0v) is 16.2. The summed E-state index contributed by atoms with van der Waals surface area (Å²) in [6.45, 7) is 2.66. The molecule has 28 heavy (non-hydrogen) atoms. The zero-order valence-electron chi connectivity index (χ0n) is 15.4. The lowest BCUT2D eigenvalue weighted by atomic mass is 9.95. The molecular weight excluding hydrogens is 372 g/mol. The molecule has 0 N–H and O–H groups in total. The van der Waals surface area contributed by atoms with Gasteiger partial charge < -0.3 is 9.47 Å². The minimum absolute atomic E-state index is 0.238. The van der Waals surface area contributed by atoms with E-state index in [0.29, 0.717) is 28.5 Å². The van der Waals surface area contributed by atoms with Crippen molar-refractivity contribution in [1.82, 2.24) is 0 Å². The summed E-state index contributed by atoms with van der Waals surface area (Å²) in [4.78, 5) is 12.6. The Morgan fingerprint density at radius 1 is 1.00 bits per heavy atom. The van der Waals surface area contributed by atoms with E-state index in [4.69, 9.17) is 21.1 Å². The third-order valence-electron chi connectivity index (χ3n) is 4.67. The number of hydrogen-bond acceptors (Lipinski definition) is 3. The van der Waals surface area contributed by atoms with Gasteiger partial charge in [-0.05, 0) is 36.2 Å². The van der Waals surface area contributed by atoms with Gasteiger partial charge in [0.05, 0.1) is 5.57 Å². The van der Waals surface area contributed by atoms with Crippen molar-refractivity contribution >= 4 is 28.7 Å². The van der Waals surface area contributed by atoms with E-state index in [1.165, 1.54) is 0 Å². The fourth-order valence-corrected chi connectivity index (χ4v) is 3.47. The van der Waals surface area contributed by atoms with Crippen molar-refractivity contribution in [1.29, 1.82) is 0 Å². The van der Waals surface area contributed by atoms with E-state index < -0.39 is 0 Å². The van der Waals surface area contributed by atoms with Crippen molar-refractivity contribution in [2.45, 2.75) is 13.5 Å². The van der Waals surface area contributed by atoms with Crippen molar-refractivity contribution in [3.8, 4) is 5.75 Å². The van der Waals surface area contributed by atoms with Gasteiger partial charge in [-0.15, -0.1) is 0 Å². The average Bonchev–Trinajstić information content (AvgIpc) is 3.09. The summed E-state index contributed by atoms with van der Waals surface area (Å²) >= 11 is 6.25. The fourth-order valence-electron chi connectivity index (χ4n) is 3.30. The van der Waals surface area contributed by atoms with Crippen LogP contribution in [0.1, 0.15) is 22.3 Å². The fraction of sp³-hybridized carbons (Fsp3) is 0.125. The maximum Gasteiger partial charge on any atom is 0.339 e. The van der Waals surface area contributed by atoms with Gasteiger partial charge in [-0.2, -0.15) is 0 Å². The molecule has 0 saturated carbocycles. The van der Waals surface area contributed by atoms with E-state index in [0.717, 1.165) is 22.3 Å². The predicted molar refractivity (Wildman–Crippen MR) is 111 cm³/mol. The Morgan fingerprint density at radius 3 is 2.61 bits per heavy atom. The first-order valence-corrected chi connectivity index (χ1v) is 9.43. The van der Waals surface area contributed by atoms with Crippen molar-refractivity contribution in [3.63, 3.8) is 0 Å². The highest BCUT2D eigenvalue weighted by Crippen LogP contribution is 2.38. The standard InChI is InChI=1S/C24H19ClO3/c1-16-6-5-9-18(12-16)21-15-28-24(26)23(21)20-13-19(25)10-11-22(20)27-14-17-7-3-2-4-8-17/h2-13H,14-15H2,1H3. The second kappa shape index (κ2) is 7.91. The molecule has 1 heterocycles. The topological polar surface area (TPSA) is 35.5 Å². The summed E-state index contributed by atoms with van der Waals surface area (Å²) in [6.07, 6.45) is 0. The van der Waals surface area contributed by atoms with Crippen molar-refractivity contribution in [2.75, 3.05) is 6.61 Å². The summed E-state index contributed by atoms with van der Waals surface area (Å²) in [5.41, 5.74) is 5.15. The van der Waals surface area contributed by atoms with E-state index in [2.05, 4.69) is 0 Å². The van der Waals surface area contributed by atoms with Crippen molar-refractivity contribution in [3.05, 3.63) is 100 Å². The molecule has 3 aromatic rings. The van der Waals surface area contributed by atoms with Crippen LogP contribution in [0.4, 0.5) is 0 Å². The van der Waals surface area contributed by atoms with Crippen LogP contribution in [-0.4, -0.2) is 12.6 Å². The van der Waals surface area contributed by atoms with Crippen LogP contribution >= 0.6 is 11.6 Å². The second-order valence-corrected chi connectivity index (χ2v) is 7.15. The Bertz CT molecular complexity index is 1050. The molecule has 0 radical (unpaired) electrons. The molecule has 140 valence electrons. The SMILES string of the molecule is Cc1cccc(C2=C(c3cc(Cl)ccc3OCc3ccccc3)C(=O)OC2)c1. The lowest BCUT2D eigenvalue weighted by molar-refractivity contribution is -0.133. The number of benzene rings is 3. The van der Waals surface area contributed by atoms with E-state index in [1.54, 1.807) is 18.2 Å². The Labute approximate surface area is 169 Å². The number of esters is 1. The molecule has 0 saturated heterocycles. The third-order valence-corrected chi connectivity index (χ3v) is 4.90. The Morgan fingerprint density at radius 2 is 1.82 bits per heavy atom. The summed E-state index contributed by atoms with van der Waals surface area (Å²) in [7, 11) is 0. The minimum Gasteiger partial charge on any atom is -0.488 e. The highest BCUT2D eigenvalue weighted by Gasteiger charge is 2.29. The average molecular weight is 391 g/mol. The van der Waals surface area contributed by atoms with Gasteiger partial charge in [-0.1, -0.05) is 71.8 Å². The molecule has 0 atom stereocenters. The summed E-state index contributed by atoms with van der Waals surface area (Å²) in [6, 6.07) is 23.2. The molecule has 1 aliphatic heterocycles. The van der Waals surface area contributed by atoms with Crippen molar-refractivity contribution in [2.24, 2.45) is 0 Å². The first-order chi connectivity index (χ1) is 13.6. The number of aryl methyl sites for hydroxylation is 1. The highest BCUT2D eigenvalue weighted by molar-refractivity contribution is 6.32. The molecular formula is C24H19ClO3. The molecule has 0 spiro atoms. The lowest BCUT2D eigenvalue weighted by Gasteiger charge is -2.13. The molecule has 4 rings (SSSR count). The number of carbonyl (C=O) groups excluding carboxylic acids is 1. The first kappa shape index (κ1) is 18.3. The summed E-state index contributed by atoms with van der Waals surface area (Å²) in [5, 5.41) is 0.540. The number of hydrogen-bond donors (Lipinski definition) is 0. The largest absolute Gasteiger partial charge is 0.488 e. The molecule has 0 unspecified atom stereocenters. The summed E-state index contributed by atoms with van der Waals surface area (Å²) in [5.74, 6) is 0.246. The van der Waals surface area contributed by atoms with Crippen LogP contribution < -0.4 is 4.74 Å². The molecule has 0 bridgehead atoms. The Kier molecular flexibility index (Phi) is 5.18. The number of cyclic esters (lactones) is 1.